The molecule has 33 heavy (non-hydrogen) atoms. The normalized spacial score (nSPS) is 18.0. The first kappa shape index (κ1) is 28.0. The molecule has 0 aromatic heterocycles. The number of likely N-dealkylation sites (tertiary alicyclic amines) is 1. The van der Waals surface area contributed by atoms with E-state index in [0.29, 0.717) is 12.8 Å². The Hall–Kier alpha value is -3.07. The molecule has 0 aromatic rings. The molecule has 1 heterocycles. The number of hydrogen-bond donors (Lipinski definition) is 8. The summed E-state index contributed by atoms with van der Waals surface area (Å²) in [4.78, 5) is 65.3. The number of aliphatic imine (C=N–C) groups is 1. The Balaban J connectivity index is 2.85. The number of nitrogens with zero attached hydrogens (tertiary/aromatic N) is 2. The number of guanidine groups is 1. The highest BCUT2D eigenvalue weighted by Gasteiger charge is 2.39. The third kappa shape index (κ3) is 9.13. The Morgan fingerprint density at radius 3 is 2.33 bits per heavy atom. The Bertz CT molecular complexity index is 775. The zero-order valence-corrected chi connectivity index (χ0v) is 18.9. The number of carboxylic acid groups (broad SMARTS) is 2. The number of hydrogen-bond acceptors (Lipinski definition) is 8. The van der Waals surface area contributed by atoms with Gasteiger partial charge in [-0.3, -0.25) is 24.2 Å². The maximum absolute atomic E-state index is 13.0. The number of rotatable bonds is 13. The molecular weight excluding hydrogens is 458 g/mol. The van der Waals surface area contributed by atoms with Crippen molar-refractivity contribution in [2.24, 2.45) is 22.2 Å². The predicted octanol–water partition coefficient (Wildman–Crippen LogP) is -3.18. The summed E-state index contributed by atoms with van der Waals surface area (Å²) in [7, 11) is 0. The zero-order valence-electron chi connectivity index (χ0n) is 18.0. The lowest BCUT2D eigenvalue weighted by molar-refractivity contribution is -0.147. The van der Waals surface area contributed by atoms with Crippen molar-refractivity contribution in [1.82, 2.24) is 15.5 Å². The molecule has 14 nitrogen and oxygen atoms in total. The number of carbonyl (C=O) groups excluding carboxylic acids is 3. The summed E-state index contributed by atoms with van der Waals surface area (Å²) in [6.07, 6.45) is 0.555. The van der Waals surface area contributed by atoms with Gasteiger partial charge >= 0.3 is 11.9 Å². The van der Waals surface area contributed by atoms with E-state index < -0.39 is 60.2 Å². The first-order valence-electron chi connectivity index (χ1n) is 10.3. The SMILES string of the molecule is NC(N)=NCCCC(N)C(=O)NC(CC(=O)O)C(=O)N1CCCC1C(=O)NC(CS)C(=O)O. The lowest BCUT2D eigenvalue weighted by atomic mass is 10.1. The van der Waals surface area contributed by atoms with Gasteiger partial charge in [0.05, 0.1) is 12.5 Å². The molecule has 0 aromatic carbocycles. The fourth-order valence-electron chi connectivity index (χ4n) is 3.26. The summed E-state index contributed by atoms with van der Waals surface area (Å²) in [5.41, 5.74) is 16.2. The molecular formula is C18H31N7O7S. The number of aliphatic carboxylic acids is 2. The van der Waals surface area contributed by atoms with Gasteiger partial charge in [-0.1, -0.05) is 0 Å². The van der Waals surface area contributed by atoms with Crippen molar-refractivity contribution in [3.63, 3.8) is 0 Å². The van der Waals surface area contributed by atoms with Gasteiger partial charge in [0.2, 0.25) is 17.7 Å². The molecule has 1 aliphatic heterocycles. The second kappa shape index (κ2) is 13.5. The van der Waals surface area contributed by atoms with Crippen molar-refractivity contribution >= 4 is 48.2 Å². The number of thiol groups is 1. The average Bonchev–Trinajstić information content (AvgIpc) is 3.22. The number of nitrogens with one attached hydrogen (secondary N) is 2. The largest absolute Gasteiger partial charge is 0.481 e. The molecule has 0 aliphatic carbocycles. The van der Waals surface area contributed by atoms with Crippen LogP contribution in [0.3, 0.4) is 0 Å². The molecule has 186 valence electrons. The van der Waals surface area contributed by atoms with E-state index >= 15 is 0 Å². The summed E-state index contributed by atoms with van der Waals surface area (Å²) >= 11 is 3.88. The summed E-state index contributed by atoms with van der Waals surface area (Å²) in [5, 5.41) is 22.9. The van der Waals surface area contributed by atoms with Gasteiger partial charge in [-0.05, 0) is 25.7 Å². The van der Waals surface area contributed by atoms with Crippen molar-refractivity contribution in [3.8, 4) is 0 Å². The second-order valence-electron chi connectivity index (χ2n) is 7.49. The smallest absolute Gasteiger partial charge is 0.327 e. The minimum absolute atomic E-state index is 0.103. The quantitative estimate of drug-likeness (QED) is 0.0557. The molecule has 10 N–H and O–H groups in total. The molecule has 1 saturated heterocycles. The van der Waals surface area contributed by atoms with Crippen LogP contribution in [0.1, 0.15) is 32.1 Å². The molecule has 3 amide bonds. The molecule has 4 unspecified atom stereocenters. The molecule has 4 atom stereocenters. The summed E-state index contributed by atoms with van der Waals surface area (Å²) in [6.45, 7) is 0.390. The first-order valence-corrected chi connectivity index (χ1v) is 10.9. The zero-order chi connectivity index (χ0) is 25.1. The van der Waals surface area contributed by atoms with Crippen LogP contribution in [0, 0.1) is 0 Å². The van der Waals surface area contributed by atoms with Gasteiger partial charge in [0.1, 0.15) is 18.1 Å². The Kier molecular flexibility index (Phi) is 11.4. The third-order valence-corrected chi connectivity index (χ3v) is 5.30. The van der Waals surface area contributed by atoms with E-state index in [1.807, 2.05) is 0 Å². The molecule has 1 fully saturated rings. The van der Waals surface area contributed by atoms with Crippen LogP contribution in [0.5, 0.6) is 0 Å². The number of amides is 3. The lowest BCUT2D eigenvalue weighted by Gasteiger charge is -2.29. The van der Waals surface area contributed by atoms with E-state index in [0.717, 1.165) is 4.90 Å². The van der Waals surface area contributed by atoms with Crippen LogP contribution in [0.15, 0.2) is 4.99 Å². The Morgan fingerprint density at radius 2 is 1.79 bits per heavy atom. The highest BCUT2D eigenvalue weighted by Crippen LogP contribution is 2.20. The van der Waals surface area contributed by atoms with E-state index in [1.165, 1.54) is 0 Å². The maximum Gasteiger partial charge on any atom is 0.327 e. The van der Waals surface area contributed by atoms with Gasteiger partial charge in [-0.25, -0.2) is 4.79 Å². The van der Waals surface area contributed by atoms with E-state index in [-0.39, 0.29) is 37.6 Å². The molecule has 0 saturated carbocycles. The third-order valence-electron chi connectivity index (χ3n) is 4.93. The van der Waals surface area contributed by atoms with E-state index in [2.05, 4.69) is 28.3 Å². The van der Waals surface area contributed by atoms with Crippen molar-refractivity contribution in [1.29, 1.82) is 0 Å². The maximum atomic E-state index is 13.0. The highest BCUT2D eigenvalue weighted by molar-refractivity contribution is 7.80. The number of carbonyl (C=O) groups is 5. The predicted molar refractivity (Wildman–Crippen MR) is 120 cm³/mol. The fourth-order valence-corrected chi connectivity index (χ4v) is 3.51. The van der Waals surface area contributed by atoms with Crippen LogP contribution in [0.25, 0.3) is 0 Å². The Morgan fingerprint density at radius 1 is 1.12 bits per heavy atom. The van der Waals surface area contributed by atoms with E-state index in [9.17, 15) is 29.1 Å². The standard InChI is InChI=1S/C18H31N7O7S/c19-9(3-1-5-22-18(20)21)14(28)23-10(7-13(26)27)16(30)25-6-2-4-12(25)15(29)24-11(8-33)17(31)32/h9-12,33H,1-8,19H2,(H,23,28)(H,24,29)(H,26,27)(H,31,32)(H4,20,21,22). The topological polar surface area (TPSA) is 244 Å². The van der Waals surface area contributed by atoms with Gasteiger partial charge < -0.3 is 42.9 Å². The molecule has 0 radical (unpaired) electrons. The van der Waals surface area contributed by atoms with Gasteiger partial charge in [0.25, 0.3) is 0 Å². The van der Waals surface area contributed by atoms with Crippen LogP contribution in [0.4, 0.5) is 0 Å². The van der Waals surface area contributed by atoms with Crippen LogP contribution in [0.2, 0.25) is 0 Å². The summed E-state index contributed by atoms with van der Waals surface area (Å²) in [5.74, 6) is -5.07. The molecule has 15 heteroatoms. The molecule has 0 spiro atoms. The summed E-state index contributed by atoms with van der Waals surface area (Å²) < 4.78 is 0. The Labute approximate surface area is 195 Å². The van der Waals surface area contributed by atoms with Crippen LogP contribution in [-0.4, -0.2) is 93.7 Å². The first-order chi connectivity index (χ1) is 15.5. The van der Waals surface area contributed by atoms with Crippen molar-refractivity contribution in [2.45, 2.75) is 56.3 Å². The summed E-state index contributed by atoms with van der Waals surface area (Å²) in [6, 6.07) is -4.73. The minimum Gasteiger partial charge on any atom is -0.481 e. The van der Waals surface area contributed by atoms with Crippen molar-refractivity contribution in [2.75, 3.05) is 18.8 Å². The van der Waals surface area contributed by atoms with Crippen LogP contribution >= 0.6 is 12.6 Å². The van der Waals surface area contributed by atoms with E-state index in [1.54, 1.807) is 0 Å². The van der Waals surface area contributed by atoms with Crippen molar-refractivity contribution in [3.05, 3.63) is 0 Å². The molecule has 1 rings (SSSR count). The van der Waals surface area contributed by atoms with E-state index in [4.69, 9.17) is 22.3 Å². The van der Waals surface area contributed by atoms with Crippen LogP contribution in [-0.2, 0) is 24.0 Å². The number of nitrogens with two attached hydrogens (primary N) is 3. The molecule has 0 bridgehead atoms. The number of carboxylic acids is 2. The van der Waals surface area contributed by atoms with Gasteiger partial charge in [-0.2, -0.15) is 12.6 Å². The van der Waals surface area contributed by atoms with Crippen molar-refractivity contribution < 1.29 is 34.2 Å². The average molecular weight is 490 g/mol. The monoisotopic (exact) mass is 489 g/mol. The minimum atomic E-state index is -1.45. The second-order valence-corrected chi connectivity index (χ2v) is 7.85. The fraction of sp³-hybridized carbons (Fsp3) is 0.667. The highest BCUT2D eigenvalue weighted by atomic mass is 32.1. The molecule has 1 aliphatic rings. The van der Waals surface area contributed by atoms with Gasteiger partial charge in [0.15, 0.2) is 5.96 Å². The van der Waals surface area contributed by atoms with Gasteiger partial charge in [0, 0.05) is 18.8 Å². The van der Waals surface area contributed by atoms with Gasteiger partial charge in [-0.15, -0.1) is 0 Å². The lowest BCUT2D eigenvalue weighted by Crippen LogP contribution is -2.57. The van der Waals surface area contributed by atoms with Crippen LogP contribution < -0.4 is 27.8 Å².